The SMILES string of the molecule is C#CC1CCN(c2cccc(C(F)(F)F)c2)CC1. The Kier molecular flexibility index (Phi) is 3.51. The van der Waals surface area contributed by atoms with Gasteiger partial charge in [0.2, 0.25) is 0 Å². The van der Waals surface area contributed by atoms with E-state index in [1.54, 1.807) is 6.07 Å². The maximum atomic E-state index is 12.6. The Labute approximate surface area is 105 Å². The molecular formula is C14H14F3N. The quantitative estimate of drug-likeness (QED) is 0.692. The van der Waals surface area contributed by atoms with E-state index in [4.69, 9.17) is 6.42 Å². The number of halogens is 3. The van der Waals surface area contributed by atoms with Gasteiger partial charge in [0.05, 0.1) is 5.56 Å². The highest BCUT2D eigenvalue weighted by atomic mass is 19.4. The van der Waals surface area contributed by atoms with E-state index in [0.717, 1.165) is 32.0 Å². The molecule has 0 radical (unpaired) electrons. The second-order valence-electron chi connectivity index (χ2n) is 4.48. The van der Waals surface area contributed by atoms with Crippen molar-refractivity contribution in [2.24, 2.45) is 5.92 Å². The number of anilines is 1. The van der Waals surface area contributed by atoms with E-state index in [2.05, 4.69) is 5.92 Å². The first-order valence-electron chi connectivity index (χ1n) is 5.89. The molecule has 0 amide bonds. The topological polar surface area (TPSA) is 3.24 Å². The number of hydrogen-bond donors (Lipinski definition) is 0. The number of benzene rings is 1. The largest absolute Gasteiger partial charge is 0.416 e. The molecule has 0 unspecified atom stereocenters. The first kappa shape index (κ1) is 12.8. The molecule has 2 rings (SSSR count). The summed E-state index contributed by atoms with van der Waals surface area (Å²) < 4.78 is 37.8. The van der Waals surface area contributed by atoms with Crippen molar-refractivity contribution in [3.8, 4) is 12.3 Å². The van der Waals surface area contributed by atoms with E-state index in [1.165, 1.54) is 12.1 Å². The van der Waals surface area contributed by atoms with Gasteiger partial charge in [-0.25, -0.2) is 0 Å². The first-order chi connectivity index (χ1) is 8.50. The highest BCUT2D eigenvalue weighted by Gasteiger charge is 2.31. The summed E-state index contributed by atoms with van der Waals surface area (Å²) in [5, 5.41) is 0. The smallest absolute Gasteiger partial charge is 0.371 e. The normalized spacial score (nSPS) is 17.6. The Hall–Kier alpha value is -1.63. The summed E-state index contributed by atoms with van der Waals surface area (Å²) in [5.74, 6) is 2.96. The second kappa shape index (κ2) is 4.93. The third kappa shape index (κ3) is 2.79. The molecule has 1 aromatic carbocycles. The maximum Gasteiger partial charge on any atom is 0.416 e. The number of alkyl halides is 3. The van der Waals surface area contributed by atoms with Crippen molar-refractivity contribution < 1.29 is 13.2 Å². The van der Waals surface area contributed by atoms with Gasteiger partial charge in [0, 0.05) is 24.7 Å². The lowest BCUT2D eigenvalue weighted by Gasteiger charge is -2.32. The fourth-order valence-corrected chi connectivity index (χ4v) is 2.18. The van der Waals surface area contributed by atoms with Gasteiger partial charge in [-0.1, -0.05) is 6.07 Å². The van der Waals surface area contributed by atoms with Gasteiger partial charge >= 0.3 is 6.18 Å². The molecule has 1 aliphatic heterocycles. The van der Waals surface area contributed by atoms with E-state index < -0.39 is 11.7 Å². The van der Waals surface area contributed by atoms with Crippen LogP contribution in [0.25, 0.3) is 0 Å². The lowest BCUT2D eigenvalue weighted by Crippen LogP contribution is -2.33. The minimum atomic E-state index is -4.28. The van der Waals surface area contributed by atoms with E-state index in [9.17, 15) is 13.2 Å². The van der Waals surface area contributed by atoms with Crippen LogP contribution in [-0.2, 0) is 6.18 Å². The zero-order valence-electron chi connectivity index (χ0n) is 9.87. The summed E-state index contributed by atoms with van der Waals surface area (Å²) in [4.78, 5) is 1.96. The summed E-state index contributed by atoms with van der Waals surface area (Å²) in [6.07, 6.45) is 2.75. The molecule has 0 N–H and O–H groups in total. The fourth-order valence-electron chi connectivity index (χ4n) is 2.18. The first-order valence-corrected chi connectivity index (χ1v) is 5.89. The van der Waals surface area contributed by atoms with Crippen molar-refractivity contribution >= 4 is 5.69 Å². The number of piperidine rings is 1. The van der Waals surface area contributed by atoms with Crippen LogP contribution < -0.4 is 4.90 Å². The average Bonchev–Trinajstić information content (AvgIpc) is 2.38. The number of rotatable bonds is 1. The molecule has 0 atom stereocenters. The van der Waals surface area contributed by atoms with E-state index in [1.807, 2.05) is 4.90 Å². The van der Waals surface area contributed by atoms with Crippen LogP contribution in [0.5, 0.6) is 0 Å². The van der Waals surface area contributed by atoms with Gasteiger partial charge < -0.3 is 4.90 Å². The van der Waals surface area contributed by atoms with E-state index in [0.29, 0.717) is 5.69 Å². The standard InChI is InChI=1S/C14H14F3N/c1-2-11-6-8-18(9-7-11)13-5-3-4-12(10-13)14(15,16)17/h1,3-5,10-11H,6-9H2. The molecule has 18 heavy (non-hydrogen) atoms. The van der Waals surface area contributed by atoms with E-state index in [-0.39, 0.29) is 5.92 Å². The molecule has 1 fully saturated rings. The van der Waals surface area contributed by atoms with Crippen molar-refractivity contribution in [1.82, 2.24) is 0 Å². The van der Waals surface area contributed by atoms with Gasteiger partial charge in [-0.2, -0.15) is 13.2 Å². The second-order valence-corrected chi connectivity index (χ2v) is 4.48. The zero-order valence-corrected chi connectivity index (χ0v) is 9.87. The highest BCUT2D eigenvalue weighted by Crippen LogP contribution is 2.32. The molecule has 0 aliphatic carbocycles. The van der Waals surface area contributed by atoms with Crippen LogP contribution in [0.1, 0.15) is 18.4 Å². The van der Waals surface area contributed by atoms with Crippen LogP contribution in [0.15, 0.2) is 24.3 Å². The van der Waals surface area contributed by atoms with Crippen molar-refractivity contribution in [1.29, 1.82) is 0 Å². The molecule has 4 heteroatoms. The predicted octanol–water partition coefficient (Wildman–Crippen LogP) is 3.56. The molecular weight excluding hydrogens is 239 g/mol. The van der Waals surface area contributed by atoms with Gasteiger partial charge in [0.15, 0.2) is 0 Å². The van der Waals surface area contributed by atoms with Crippen LogP contribution in [0, 0.1) is 18.3 Å². The van der Waals surface area contributed by atoms with Gasteiger partial charge in [0.25, 0.3) is 0 Å². The predicted molar refractivity (Wildman–Crippen MR) is 65.2 cm³/mol. The molecule has 1 heterocycles. The Morgan fingerprint density at radius 2 is 1.89 bits per heavy atom. The monoisotopic (exact) mass is 253 g/mol. The third-order valence-electron chi connectivity index (χ3n) is 3.27. The average molecular weight is 253 g/mol. The number of hydrogen-bond acceptors (Lipinski definition) is 1. The van der Waals surface area contributed by atoms with Gasteiger partial charge in [0.1, 0.15) is 0 Å². The van der Waals surface area contributed by atoms with E-state index >= 15 is 0 Å². The molecule has 0 bridgehead atoms. The molecule has 1 aromatic rings. The van der Waals surface area contributed by atoms with Crippen LogP contribution in [0.4, 0.5) is 18.9 Å². The summed E-state index contributed by atoms with van der Waals surface area (Å²) in [6, 6.07) is 5.46. The molecule has 0 aromatic heterocycles. The zero-order chi connectivity index (χ0) is 13.2. The Morgan fingerprint density at radius 1 is 1.22 bits per heavy atom. The molecule has 1 aliphatic rings. The molecule has 1 saturated heterocycles. The molecule has 96 valence electrons. The molecule has 0 spiro atoms. The van der Waals surface area contributed by atoms with Crippen molar-refractivity contribution in [2.75, 3.05) is 18.0 Å². The van der Waals surface area contributed by atoms with Crippen LogP contribution in [0.3, 0.4) is 0 Å². The summed E-state index contributed by atoms with van der Waals surface area (Å²) in [5.41, 5.74) is 0.0272. The fraction of sp³-hybridized carbons (Fsp3) is 0.429. The van der Waals surface area contributed by atoms with Gasteiger partial charge in [-0.3, -0.25) is 0 Å². The Morgan fingerprint density at radius 3 is 2.44 bits per heavy atom. The maximum absolute atomic E-state index is 12.6. The Balaban J connectivity index is 2.13. The minimum absolute atomic E-state index is 0.257. The molecule has 1 nitrogen and oxygen atoms in total. The number of terminal acetylenes is 1. The van der Waals surface area contributed by atoms with Crippen molar-refractivity contribution in [3.05, 3.63) is 29.8 Å². The minimum Gasteiger partial charge on any atom is -0.371 e. The summed E-state index contributed by atoms with van der Waals surface area (Å²) in [6.45, 7) is 1.44. The highest BCUT2D eigenvalue weighted by molar-refractivity contribution is 5.49. The van der Waals surface area contributed by atoms with Crippen LogP contribution in [0.2, 0.25) is 0 Å². The van der Waals surface area contributed by atoms with Crippen molar-refractivity contribution in [3.63, 3.8) is 0 Å². The summed E-state index contributed by atoms with van der Waals surface area (Å²) in [7, 11) is 0. The summed E-state index contributed by atoms with van der Waals surface area (Å²) >= 11 is 0. The van der Waals surface area contributed by atoms with Crippen molar-refractivity contribution in [2.45, 2.75) is 19.0 Å². The van der Waals surface area contributed by atoms with Gasteiger partial charge in [-0.05, 0) is 31.0 Å². The van der Waals surface area contributed by atoms with Gasteiger partial charge in [-0.15, -0.1) is 12.3 Å². The third-order valence-corrected chi connectivity index (χ3v) is 3.27. The lowest BCUT2D eigenvalue weighted by atomic mass is 9.97. The number of nitrogens with zero attached hydrogens (tertiary/aromatic N) is 1. The lowest BCUT2D eigenvalue weighted by molar-refractivity contribution is -0.137. The van der Waals surface area contributed by atoms with Crippen LogP contribution in [-0.4, -0.2) is 13.1 Å². The Bertz CT molecular complexity index is 451. The van der Waals surface area contributed by atoms with Crippen LogP contribution >= 0.6 is 0 Å². The molecule has 0 saturated carbocycles.